The fourth-order valence-electron chi connectivity index (χ4n) is 2.70. The molecule has 1 heterocycles. The van der Waals surface area contributed by atoms with Gasteiger partial charge in [-0.05, 0) is 35.7 Å². The molecule has 1 aliphatic heterocycles. The van der Waals surface area contributed by atoms with Gasteiger partial charge in [0.15, 0.2) is 11.5 Å². The van der Waals surface area contributed by atoms with Crippen LogP contribution in [0.4, 0.5) is 0 Å². The molecular weight excluding hydrogens is 268 g/mol. The summed E-state index contributed by atoms with van der Waals surface area (Å²) in [6.07, 6.45) is -0.134. The van der Waals surface area contributed by atoms with E-state index in [1.54, 1.807) is 14.2 Å². The number of aliphatic hydroxyl groups excluding tert-OH is 1. The molecule has 0 aromatic heterocycles. The Hall–Kier alpha value is -2.20. The summed E-state index contributed by atoms with van der Waals surface area (Å²) in [7, 11) is 3.21. The Morgan fingerprint density at radius 1 is 1.05 bits per heavy atom. The third-order valence-electron chi connectivity index (χ3n) is 3.84. The lowest BCUT2D eigenvalue weighted by molar-refractivity contribution is -0.0481. The van der Waals surface area contributed by atoms with Crippen LogP contribution < -0.4 is 14.2 Å². The van der Waals surface area contributed by atoms with Gasteiger partial charge in [0.1, 0.15) is 5.75 Å². The molecular formula is C17H18O4. The minimum Gasteiger partial charge on any atom is -0.493 e. The van der Waals surface area contributed by atoms with Crippen LogP contribution in [0.15, 0.2) is 42.5 Å². The molecule has 0 bridgehead atoms. The summed E-state index contributed by atoms with van der Waals surface area (Å²) in [5.74, 6) is 1.95. The first-order valence-electron chi connectivity index (χ1n) is 6.87. The lowest BCUT2D eigenvalue weighted by Gasteiger charge is -2.30. The molecule has 1 N–H and O–H groups in total. The molecule has 0 spiro atoms. The first-order chi connectivity index (χ1) is 10.2. The van der Waals surface area contributed by atoms with E-state index in [0.717, 1.165) is 23.3 Å². The highest BCUT2D eigenvalue weighted by Gasteiger charge is 2.30. The number of para-hydroxylation sites is 1. The fraction of sp³-hybridized carbons (Fsp3) is 0.294. The molecule has 3 rings (SSSR count). The van der Waals surface area contributed by atoms with Gasteiger partial charge in [-0.3, -0.25) is 0 Å². The fourth-order valence-corrected chi connectivity index (χ4v) is 2.70. The quantitative estimate of drug-likeness (QED) is 0.942. The molecule has 0 radical (unpaired) electrons. The molecule has 0 amide bonds. The Kier molecular flexibility index (Phi) is 3.71. The summed E-state index contributed by atoms with van der Waals surface area (Å²) in [6.45, 7) is 0. The van der Waals surface area contributed by atoms with E-state index in [-0.39, 0.29) is 5.92 Å². The SMILES string of the molecule is COc1ccc(C2Cc3ccccc3OC2O)cc1OC. The van der Waals surface area contributed by atoms with Gasteiger partial charge in [0, 0.05) is 0 Å². The van der Waals surface area contributed by atoms with Crippen molar-refractivity contribution < 1.29 is 19.3 Å². The molecule has 0 saturated heterocycles. The monoisotopic (exact) mass is 286 g/mol. The molecule has 110 valence electrons. The molecule has 2 aromatic carbocycles. The molecule has 0 saturated carbocycles. The highest BCUT2D eigenvalue weighted by molar-refractivity contribution is 5.46. The van der Waals surface area contributed by atoms with E-state index in [0.29, 0.717) is 11.5 Å². The molecule has 4 nitrogen and oxygen atoms in total. The maximum absolute atomic E-state index is 10.3. The Bertz CT molecular complexity index is 638. The zero-order valence-corrected chi connectivity index (χ0v) is 12.1. The highest BCUT2D eigenvalue weighted by Crippen LogP contribution is 2.38. The second kappa shape index (κ2) is 5.66. The normalized spacial score (nSPS) is 20.3. The molecule has 0 fully saturated rings. The van der Waals surface area contributed by atoms with Crippen molar-refractivity contribution in [3.63, 3.8) is 0 Å². The van der Waals surface area contributed by atoms with Crippen LogP contribution in [0.3, 0.4) is 0 Å². The number of hydrogen-bond acceptors (Lipinski definition) is 4. The van der Waals surface area contributed by atoms with Crippen molar-refractivity contribution in [2.45, 2.75) is 18.6 Å². The van der Waals surface area contributed by atoms with Crippen molar-refractivity contribution in [2.24, 2.45) is 0 Å². The second-order valence-electron chi connectivity index (χ2n) is 5.04. The van der Waals surface area contributed by atoms with Gasteiger partial charge in [-0.15, -0.1) is 0 Å². The van der Waals surface area contributed by atoms with Crippen LogP contribution in [-0.2, 0) is 6.42 Å². The number of aliphatic hydroxyl groups is 1. The summed E-state index contributed by atoms with van der Waals surface area (Å²) < 4.78 is 16.2. The summed E-state index contributed by atoms with van der Waals surface area (Å²) in [5.41, 5.74) is 2.07. The standard InChI is InChI=1S/C17H18O4/c1-19-15-8-7-11(10-16(15)20-2)13-9-12-5-3-4-6-14(12)21-17(13)18/h3-8,10,13,17-18H,9H2,1-2H3. The number of methoxy groups -OCH3 is 2. The van der Waals surface area contributed by atoms with Crippen LogP contribution in [0.1, 0.15) is 17.0 Å². The number of rotatable bonds is 3. The van der Waals surface area contributed by atoms with E-state index in [1.807, 2.05) is 42.5 Å². The van der Waals surface area contributed by atoms with Gasteiger partial charge in [-0.25, -0.2) is 0 Å². The van der Waals surface area contributed by atoms with Crippen LogP contribution >= 0.6 is 0 Å². The Labute approximate surface area is 123 Å². The van der Waals surface area contributed by atoms with Crippen LogP contribution in [0, 0.1) is 0 Å². The molecule has 1 aliphatic rings. The third kappa shape index (κ3) is 2.54. The van der Waals surface area contributed by atoms with Gasteiger partial charge in [-0.2, -0.15) is 0 Å². The second-order valence-corrected chi connectivity index (χ2v) is 5.04. The van der Waals surface area contributed by atoms with E-state index in [2.05, 4.69) is 0 Å². The number of hydrogen-bond donors (Lipinski definition) is 1. The maximum Gasteiger partial charge on any atom is 0.204 e. The third-order valence-corrected chi connectivity index (χ3v) is 3.84. The summed E-state index contributed by atoms with van der Waals surface area (Å²) in [4.78, 5) is 0. The van der Waals surface area contributed by atoms with Crippen LogP contribution in [0.25, 0.3) is 0 Å². The van der Waals surface area contributed by atoms with Gasteiger partial charge >= 0.3 is 0 Å². The summed E-state index contributed by atoms with van der Waals surface area (Å²) in [5, 5.41) is 10.3. The van der Waals surface area contributed by atoms with Gasteiger partial charge in [0.2, 0.25) is 6.29 Å². The average Bonchev–Trinajstić information content (AvgIpc) is 2.53. The average molecular weight is 286 g/mol. The summed E-state index contributed by atoms with van der Waals surface area (Å²) in [6, 6.07) is 13.5. The van der Waals surface area contributed by atoms with E-state index >= 15 is 0 Å². The Morgan fingerprint density at radius 2 is 1.81 bits per heavy atom. The van der Waals surface area contributed by atoms with Crippen molar-refractivity contribution in [3.05, 3.63) is 53.6 Å². The molecule has 2 aromatic rings. The van der Waals surface area contributed by atoms with Gasteiger partial charge in [0.05, 0.1) is 20.1 Å². The van der Waals surface area contributed by atoms with Crippen molar-refractivity contribution >= 4 is 0 Å². The van der Waals surface area contributed by atoms with E-state index in [1.165, 1.54) is 0 Å². The predicted molar refractivity (Wildman–Crippen MR) is 79.1 cm³/mol. The minimum absolute atomic E-state index is 0.125. The Balaban J connectivity index is 1.94. The van der Waals surface area contributed by atoms with Gasteiger partial charge < -0.3 is 19.3 Å². The predicted octanol–water partition coefficient (Wildman–Crippen LogP) is 2.74. The van der Waals surface area contributed by atoms with Gasteiger partial charge in [0.25, 0.3) is 0 Å². The smallest absolute Gasteiger partial charge is 0.204 e. The van der Waals surface area contributed by atoms with Crippen molar-refractivity contribution in [2.75, 3.05) is 14.2 Å². The number of benzene rings is 2. The van der Waals surface area contributed by atoms with E-state index in [4.69, 9.17) is 14.2 Å². The van der Waals surface area contributed by atoms with E-state index in [9.17, 15) is 5.11 Å². The molecule has 0 aliphatic carbocycles. The zero-order valence-electron chi connectivity index (χ0n) is 12.1. The number of fused-ring (bicyclic) bond motifs is 1. The van der Waals surface area contributed by atoms with E-state index < -0.39 is 6.29 Å². The maximum atomic E-state index is 10.3. The lowest BCUT2D eigenvalue weighted by Crippen LogP contribution is -2.30. The number of ether oxygens (including phenoxy) is 3. The van der Waals surface area contributed by atoms with Crippen LogP contribution in [-0.4, -0.2) is 25.6 Å². The first-order valence-corrected chi connectivity index (χ1v) is 6.87. The molecule has 21 heavy (non-hydrogen) atoms. The first kappa shape index (κ1) is 13.8. The molecule has 2 unspecified atom stereocenters. The lowest BCUT2D eigenvalue weighted by atomic mass is 9.89. The Morgan fingerprint density at radius 3 is 2.57 bits per heavy atom. The zero-order chi connectivity index (χ0) is 14.8. The minimum atomic E-state index is -0.863. The van der Waals surface area contributed by atoms with Crippen molar-refractivity contribution in [1.29, 1.82) is 0 Å². The van der Waals surface area contributed by atoms with Crippen molar-refractivity contribution in [3.8, 4) is 17.2 Å². The van der Waals surface area contributed by atoms with Gasteiger partial charge in [-0.1, -0.05) is 24.3 Å². The van der Waals surface area contributed by atoms with Crippen molar-refractivity contribution in [1.82, 2.24) is 0 Å². The molecule has 4 heteroatoms. The van der Waals surface area contributed by atoms with Crippen LogP contribution in [0.2, 0.25) is 0 Å². The topological polar surface area (TPSA) is 47.9 Å². The summed E-state index contributed by atoms with van der Waals surface area (Å²) >= 11 is 0. The highest BCUT2D eigenvalue weighted by atomic mass is 16.6. The van der Waals surface area contributed by atoms with Crippen LogP contribution in [0.5, 0.6) is 17.2 Å². The largest absolute Gasteiger partial charge is 0.493 e. The molecule has 2 atom stereocenters.